The number of ether oxygens (including phenoxy) is 1. The highest BCUT2D eigenvalue weighted by Gasteiger charge is 2.25. The van der Waals surface area contributed by atoms with Crippen molar-refractivity contribution in [2.45, 2.75) is 12.8 Å². The van der Waals surface area contributed by atoms with Crippen LogP contribution in [0.15, 0.2) is 42.5 Å². The standard InChI is InChI=1S/C19H24N2O3/c22-14-15-8-10-21(13-15)19(23)20-9-3-11-24-18-7-6-16-4-1-2-5-17(16)12-18/h1-2,4-7,12,15,22H,3,8-11,13-14H2,(H,20,23). The molecular weight excluding hydrogens is 304 g/mol. The molecule has 2 N–H and O–H groups in total. The van der Waals surface area contributed by atoms with E-state index in [2.05, 4.69) is 23.5 Å². The second-order valence-corrected chi connectivity index (χ2v) is 6.23. The van der Waals surface area contributed by atoms with Crippen LogP contribution in [0.25, 0.3) is 10.8 Å². The molecule has 128 valence electrons. The number of rotatable bonds is 6. The van der Waals surface area contributed by atoms with Crippen LogP contribution in [0.2, 0.25) is 0 Å². The predicted octanol–water partition coefficient (Wildman–Crippen LogP) is 2.63. The highest BCUT2D eigenvalue weighted by Crippen LogP contribution is 2.20. The Morgan fingerprint density at radius 1 is 1.25 bits per heavy atom. The molecule has 1 heterocycles. The molecule has 5 nitrogen and oxygen atoms in total. The summed E-state index contributed by atoms with van der Waals surface area (Å²) in [6.45, 7) is 2.69. The van der Waals surface area contributed by atoms with Gasteiger partial charge >= 0.3 is 6.03 Å². The molecule has 0 bridgehead atoms. The molecule has 1 aliphatic rings. The Morgan fingerprint density at radius 2 is 2.08 bits per heavy atom. The number of carbonyl (C=O) groups is 1. The number of benzene rings is 2. The SMILES string of the molecule is O=C(NCCCOc1ccc2ccccc2c1)N1CCC(CO)C1. The lowest BCUT2D eigenvalue weighted by molar-refractivity contribution is 0.197. The van der Waals surface area contributed by atoms with Gasteiger partial charge in [-0.25, -0.2) is 4.79 Å². The maximum atomic E-state index is 12.0. The van der Waals surface area contributed by atoms with Crippen LogP contribution in [0.5, 0.6) is 5.75 Å². The number of hydrogen-bond acceptors (Lipinski definition) is 3. The smallest absolute Gasteiger partial charge is 0.317 e. The summed E-state index contributed by atoms with van der Waals surface area (Å²) in [5.41, 5.74) is 0. The summed E-state index contributed by atoms with van der Waals surface area (Å²) >= 11 is 0. The van der Waals surface area contributed by atoms with Gasteiger partial charge in [0.15, 0.2) is 0 Å². The molecule has 0 saturated carbocycles. The quantitative estimate of drug-likeness (QED) is 0.801. The van der Waals surface area contributed by atoms with Crippen LogP contribution in [0.3, 0.4) is 0 Å². The first-order valence-electron chi connectivity index (χ1n) is 8.51. The van der Waals surface area contributed by atoms with Gasteiger partial charge in [-0.15, -0.1) is 0 Å². The number of fused-ring (bicyclic) bond motifs is 1. The third-order valence-corrected chi connectivity index (χ3v) is 4.42. The number of nitrogens with one attached hydrogen (secondary N) is 1. The van der Waals surface area contributed by atoms with Crippen molar-refractivity contribution in [1.82, 2.24) is 10.2 Å². The second kappa shape index (κ2) is 8.02. The number of urea groups is 1. The van der Waals surface area contributed by atoms with Crippen LogP contribution < -0.4 is 10.1 Å². The number of amides is 2. The van der Waals surface area contributed by atoms with Crippen molar-refractivity contribution in [2.24, 2.45) is 5.92 Å². The fourth-order valence-electron chi connectivity index (χ4n) is 2.99. The summed E-state index contributed by atoms with van der Waals surface area (Å²) in [7, 11) is 0. The molecule has 24 heavy (non-hydrogen) atoms. The van der Waals surface area contributed by atoms with E-state index in [0.29, 0.717) is 19.7 Å². The number of hydrogen-bond donors (Lipinski definition) is 2. The van der Waals surface area contributed by atoms with E-state index in [0.717, 1.165) is 30.5 Å². The van der Waals surface area contributed by atoms with E-state index in [1.807, 2.05) is 24.3 Å². The third-order valence-electron chi connectivity index (χ3n) is 4.42. The first-order chi connectivity index (χ1) is 11.8. The Hall–Kier alpha value is -2.27. The number of carbonyl (C=O) groups excluding carboxylic acids is 1. The summed E-state index contributed by atoms with van der Waals surface area (Å²) < 4.78 is 5.76. The summed E-state index contributed by atoms with van der Waals surface area (Å²) in [5.74, 6) is 1.08. The molecule has 2 amide bonds. The minimum atomic E-state index is -0.0448. The van der Waals surface area contributed by atoms with Gasteiger partial charge in [-0.1, -0.05) is 30.3 Å². The molecule has 0 radical (unpaired) electrons. The number of nitrogens with zero attached hydrogens (tertiary/aromatic N) is 1. The number of likely N-dealkylation sites (tertiary alicyclic amines) is 1. The van der Waals surface area contributed by atoms with E-state index in [4.69, 9.17) is 9.84 Å². The molecular formula is C19H24N2O3. The van der Waals surface area contributed by atoms with Crippen molar-refractivity contribution < 1.29 is 14.6 Å². The molecule has 1 aliphatic heterocycles. The lowest BCUT2D eigenvalue weighted by Crippen LogP contribution is -2.39. The van der Waals surface area contributed by atoms with Crippen LogP contribution in [-0.4, -0.2) is 48.9 Å². The van der Waals surface area contributed by atoms with E-state index < -0.39 is 0 Å². The maximum absolute atomic E-state index is 12.0. The second-order valence-electron chi connectivity index (χ2n) is 6.23. The minimum Gasteiger partial charge on any atom is -0.494 e. The molecule has 3 rings (SSSR count). The monoisotopic (exact) mass is 328 g/mol. The molecule has 1 unspecified atom stereocenters. The molecule has 1 saturated heterocycles. The van der Waals surface area contributed by atoms with E-state index in [1.165, 1.54) is 5.39 Å². The molecule has 2 aromatic carbocycles. The van der Waals surface area contributed by atoms with Gasteiger partial charge in [0.2, 0.25) is 0 Å². The van der Waals surface area contributed by atoms with Gasteiger partial charge in [0, 0.05) is 32.2 Å². The largest absolute Gasteiger partial charge is 0.494 e. The fourth-order valence-corrected chi connectivity index (χ4v) is 2.99. The molecule has 1 fully saturated rings. The van der Waals surface area contributed by atoms with Gasteiger partial charge in [0.1, 0.15) is 5.75 Å². The lowest BCUT2D eigenvalue weighted by atomic mass is 10.1. The summed E-state index contributed by atoms with van der Waals surface area (Å²) in [4.78, 5) is 13.7. The first kappa shape index (κ1) is 16.6. The predicted molar refractivity (Wildman–Crippen MR) is 94.2 cm³/mol. The Balaban J connectivity index is 1.36. The van der Waals surface area contributed by atoms with Gasteiger partial charge in [0.25, 0.3) is 0 Å². The Bertz CT molecular complexity index is 689. The third kappa shape index (κ3) is 4.17. The molecule has 0 spiro atoms. The summed E-state index contributed by atoms with van der Waals surface area (Å²) in [5, 5.41) is 14.4. The van der Waals surface area contributed by atoms with Gasteiger partial charge in [-0.05, 0) is 35.7 Å². The zero-order chi connectivity index (χ0) is 16.8. The van der Waals surface area contributed by atoms with E-state index in [1.54, 1.807) is 4.90 Å². The molecule has 2 aromatic rings. The zero-order valence-electron chi connectivity index (χ0n) is 13.8. The highest BCUT2D eigenvalue weighted by atomic mass is 16.5. The van der Waals surface area contributed by atoms with E-state index >= 15 is 0 Å². The van der Waals surface area contributed by atoms with Gasteiger partial charge in [-0.3, -0.25) is 0 Å². The van der Waals surface area contributed by atoms with Crippen LogP contribution in [0, 0.1) is 5.92 Å². The van der Waals surface area contributed by atoms with Crippen molar-refractivity contribution >= 4 is 16.8 Å². The Kier molecular flexibility index (Phi) is 5.54. The van der Waals surface area contributed by atoms with Crippen LogP contribution >= 0.6 is 0 Å². The van der Waals surface area contributed by atoms with Crippen LogP contribution in [0.1, 0.15) is 12.8 Å². The van der Waals surface area contributed by atoms with Gasteiger partial charge in [-0.2, -0.15) is 0 Å². The molecule has 5 heteroatoms. The van der Waals surface area contributed by atoms with Gasteiger partial charge in [0.05, 0.1) is 6.61 Å². The topological polar surface area (TPSA) is 61.8 Å². The Labute approximate surface area is 142 Å². The van der Waals surface area contributed by atoms with Crippen molar-refractivity contribution in [1.29, 1.82) is 0 Å². The van der Waals surface area contributed by atoms with Crippen LogP contribution in [-0.2, 0) is 0 Å². The number of aliphatic hydroxyl groups is 1. The molecule has 0 aromatic heterocycles. The van der Waals surface area contributed by atoms with Gasteiger partial charge < -0.3 is 20.1 Å². The molecule has 1 atom stereocenters. The number of aliphatic hydroxyl groups excluding tert-OH is 1. The lowest BCUT2D eigenvalue weighted by Gasteiger charge is -2.17. The summed E-state index contributed by atoms with van der Waals surface area (Å²) in [6, 6.07) is 14.2. The van der Waals surface area contributed by atoms with Crippen molar-refractivity contribution in [3.8, 4) is 5.75 Å². The van der Waals surface area contributed by atoms with Crippen molar-refractivity contribution in [3.63, 3.8) is 0 Å². The maximum Gasteiger partial charge on any atom is 0.317 e. The van der Waals surface area contributed by atoms with E-state index in [9.17, 15) is 4.79 Å². The summed E-state index contributed by atoms with van der Waals surface area (Å²) in [6.07, 6.45) is 1.64. The normalized spacial score (nSPS) is 17.2. The highest BCUT2D eigenvalue weighted by molar-refractivity contribution is 5.83. The minimum absolute atomic E-state index is 0.0448. The van der Waals surface area contributed by atoms with Crippen molar-refractivity contribution in [2.75, 3.05) is 32.8 Å². The fraction of sp³-hybridized carbons (Fsp3) is 0.421. The average molecular weight is 328 g/mol. The van der Waals surface area contributed by atoms with E-state index in [-0.39, 0.29) is 18.6 Å². The Morgan fingerprint density at radius 3 is 2.88 bits per heavy atom. The zero-order valence-corrected chi connectivity index (χ0v) is 13.8. The van der Waals surface area contributed by atoms with Crippen molar-refractivity contribution in [3.05, 3.63) is 42.5 Å². The molecule has 0 aliphatic carbocycles. The van der Waals surface area contributed by atoms with Crippen LogP contribution in [0.4, 0.5) is 4.79 Å². The average Bonchev–Trinajstić information content (AvgIpc) is 3.10. The first-order valence-corrected chi connectivity index (χ1v) is 8.51.